The second-order valence-corrected chi connectivity index (χ2v) is 17.2. The van der Waals surface area contributed by atoms with Crippen LogP contribution in [0.25, 0.3) is 89.3 Å². The number of nitrogens with zero attached hydrogens (tertiary/aromatic N) is 3. The maximum Gasteiger partial charge on any atom is 0.160 e. The molecule has 3 nitrogen and oxygen atoms in total. The Morgan fingerprint density at radius 1 is 0.439 bits per heavy atom. The zero-order valence-corrected chi connectivity index (χ0v) is 36.5. The van der Waals surface area contributed by atoms with E-state index in [1.54, 1.807) is 0 Å². The smallest absolute Gasteiger partial charge is 0.160 e. The molecular formula is C63H43N3. The normalized spacial score (nSPS) is 13.3. The molecule has 0 radical (unpaired) electrons. The van der Waals surface area contributed by atoms with E-state index in [1.165, 1.54) is 44.5 Å². The number of allylic oxidation sites excluding steroid dienone is 5. The molecule has 8 aromatic carbocycles. The topological polar surface area (TPSA) is 38.7 Å². The molecule has 0 atom stereocenters. The lowest BCUT2D eigenvalue weighted by molar-refractivity contribution is 0.794. The summed E-state index contributed by atoms with van der Waals surface area (Å²) in [5.74, 6) is 0.666. The van der Waals surface area contributed by atoms with E-state index in [-0.39, 0.29) is 0 Å². The molecule has 0 N–H and O–H groups in total. The average Bonchev–Trinajstić information content (AvgIpc) is 3.85. The Kier molecular flexibility index (Phi) is 9.43. The summed E-state index contributed by atoms with van der Waals surface area (Å²) in [6, 6.07) is 75.9. The number of pyridine rings is 1. The highest BCUT2D eigenvalue weighted by Gasteiger charge is 2.51. The lowest BCUT2D eigenvalue weighted by Gasteiger charge is -2.30. The standard InChI is InChI=1S/C63H43N3/c1-3-20-46(35-41(2)42-21-7-4-8-22-42)58-38-51(45-27-19-28-47(36-45)62-65-59(43-23-9-5-10-24-43)40-60(66-62)44-25-11-6-12-26-44)53-37-52-50-31-15-18-34-56(50)63(57(52)39-61(53)64-58)54-32-16-13-29-48(54)49-30-14-17-33-55(49)63/h3-40H,1H2,2H3/b41-35+,46-20+. The summed E-state index contributed by atoms with van der Waals surface area (Å²) < 4.78 is 0. The van der Waals surface area contributed by atoms with Crippen LogP contribution in [0.2, 0.25) is 0 Å². The molecule has 0 unspecified atom stereocenters. The second kappa shape index (κ2) is 15.9. The van der Waals surface area contributed by atoms with Crippen LogP contribution in [-0.2, 0) is 5.41 Å². The second-order valence-electron chi connectivity index (χ2n) is 17.2. The summed E-state index contributed by atoms with van der Waals surface area (Å²) in [7, 11) is 0. The van der Waals surface area contributed by atoms with Gasteiger partial charge < -0.3 is 0 Å². The van der Waals surface area contributed by atoms with E-state index >= 15 is 0 Å². The molecule has 1 spiro atoms. The molecule has 2 aliphatic rings. The van der Waals surface area contributed by atoms with Gasteiger partial charge in [-0.05, 0) is 110 Å². The Bertz CT molecular complexity index is 3500. The summed E-state index contributed by atoms with van der Waals surface area (Å²) >= 11 is 0. The molecular weight excluding hydrogens is 799 g/mol. The van der Waals surface area contributed by atoms with Gasteiger partial charge >= 0.3 is 0 Å². The van der Waals surface area contributed by atoms with Crippen molar-refractivity contribution in [3.05, 3.63) is 271 Å². The van der Waals surface area contributed by atoms with Gasteiger partial charge in [-0.15, -0.1) is 0 Å². The first-order chi connectivity index (χ1) is 32.6. The lowest BCUT2D eigenvalue weighted by atomic mass is 9.70. The van der Waals surface area contributed by atoms with Gasteiger partial charge in [0.1, 0.15) is 0 Å². The van der Waals surface area contributed by atoms with E-state index in [0.717, 1.165) is 72.5 Å². The Hall–Kier alpha value is -8.53. The van der Waals surface area contributed by atoms with Gasteiger partial charge in [-0.25, -0.2) is 15.0 Å². The van der Waals surface area contributed by atoms with Gasteiger partial charge in [0, 0.05) is 27.6 Å². The monoisotopic (exact) mass is 841 g/mol. The maximum absolute atomic E-state index is 5.62. The fraction of sp³-hybridized carbons (Fsp3) is 0.0317. The first-order valence-corrected chi connectivity index (χ1v) is 22.5. The minimum Gasteiger partial charge on any atom is -0.248 e. The Morgan fingerprint density at radius 2 is 0.955 bits per heavy atom. The van der Waals surface area contributed by atoms with Crippen LogP contribution >= 0.6 is 0 Å². The number of aromatic nitrogens is 3. The summed E-state index contributed by atoms with van der Waals surface area (Å²) in [5, 5.41) is 1.08. The molecule has 310 valence electrons. The molecule has 0 saturated carbocycles. The Labute approximate surface area is 385 Å². The number of hydrogen-bond donors (Lipinski definition) is 0. The minimum atomic E-state index is -0.494. The van der Waals surface area contributed by atoms with E-state index in [4.69, 9.17) is 15.0 Å². The van der Waals surface area contributed by atoms with Crippen molar-refractivity contribution in [2.45, 2.75) is 12.3 Å². The van der Waals surface area contributed by atoms with Crippen LogP contribution in [0.4, 0.5) is 0 Å². The molecule has 0 fully saturated rings. The molecule has 66 heavy (non-hydrogen) atoms. The van der Waals surface area contributed by atoms with Gasteiger partial charge in [0.05, 0.1) is 28.0 Å². The van der Waals surface area contributed by atoms with Gasteiger partial charge in [-0.3, -0.25) is 0 Å². The van der Waals surface area contributed by atoms with Crippen LogP contribution in [0.15, 0.2) is 237 Å². The van der Waals surface area contributed by atoms with Crippen LogP contribution in [0.5, 0.6) is 0 Å². The van der Waals surface area contributed by atoms with Gasteiger partial charge in [-0.1, -0.05) is 201 Å². The van der Waals surface area contributed by atoms with Gasteiger partial charge in [-0.2, -0.15) is 0 Å². The van der Waals surface area contributed by atoms with Crippen LogP contribution in [0.3, 0.4) is 0 Å². The summed E-state index contributed by atoms with van der Waals surface area (Å²) in [5.41, 5.74) is 21.7. The zero-order chi connectivity index (χ0) is 44.2. The largest absolute Gasteiger partial charge is 0.248 e. The van der Waals surface area contributed by atoms with Crippen molar-refractivity contribution < 1.29 is 0 Å². The van der Waals surface area contributed by atoms with Crippen LogP contribution in [0.1, 0.15) is 40.4 Å². The van der Waals surface area contributed by atoms with E-state index in [2.05, 4.69) is 226 Å². The number of hydrogen-bond acceptors (Lipinski definition) is 3. The molecule has 2 aliphatic carbocycles. The maximum atomic E-state index is 5.62. The van der Waals surface area contributed by atoms with Crippen LogP contribution in [0, 0.1) is 0 Å². The van der Waals surface area contributed by atoms with Crippen molar-refractivity contribution in [1.82, 2.24) is 15.0 Å². The lowest BCUT2D eigenvalue weighted by Crippen LogP contribution is -2.25. The third-order valence-electron chi connectivity index (χ3n) is 13.4. The highest BCUT2D eigenvalue weighted by atomic mass is 14.9. The molecule has 3 heteroatoms. The Balaban J connectivity index is 1.11. The van der Waals surface area contributed by atoms with Gasteiger partial charge in [0.2, 0.25) is 0 Å². The molecule has 0 bridgehead atoms. The number of benzene rings is 8. The number of rotatable bonds is 8. The SMILES string of the molecule is C=C/C=C(\C=C(/C)c1ccccc1)c1cc(-c2cccc(-c3nc(-c4ccccc4)cc(-c4ccccc4)n3)c2)c2cc3c(cc2n1)C1(c2ccccc2-c2ccccc21)c1ccccc1-3. The van der Waals surface area contributed by atoms with Crippen molar-refractivity contribution in [3.63, 3.8) is 0 Å². The first kappa shape index (κ1) is 39.1. The van der Waals surface area contributed by atoms with Crippen molar-refractivity contribution in [2.75, 3.05) is 0 Å². The summed E-state index contributed by atoms with van der Waals surface area (Å²) in [6.45, 7) is 6.33. The number of fused-ring (bicyclic) bond motifs is 11. The van der Waals surface area contributed by atoms with Crippen LogP contribution < -0.4 is 0 Å². The van der Waals surface area contributed by atoms with E-state index in [9.17, 15) is 0 Å². The first-order valence-electron chi connectivity index (χ1n) is 22.5. The van der Waals surface area contributed by atoms with Crippen molar-refractivity contribution in [3.8, 4) is 67.3 Å². The van der Waals surface area contributed by atoms with Crippen LogP contribution in [-0.4, -0.2) is 15.0 Å². The van der Waals surface area contributed by atoms with Crippen molar-refractivity contribution >= 4 is 22.0 Å². The molecule has 2 heterocycles. The quantitative estimate of drug-likeness (QED) is 0.143. The summed E-state index contributed by atoms with van der Waals surface area (Å²) in [6.07, 6.45) is 6.16. The third-order valence-corrected chi connectivity index (χ3v) is 13.4. The molecule has 0 amide bonds. The fourth-order valence-electron chi connectivity index (χ4n) is 10.5. The third kappa shape index (κ3) is 6.31. The molecule has 0 aliphatic heterocycles. The van der Waals surface area contributed by atoms with E-state index in [0.29, 0.717) is 5.82 Å². The molecule has 2 aromatic heterocycles. The van der Waals surface area contributed by atoms with Gasteiger partial charge in [0.15, 0.2) is 5.82 Å². The minimum absolute atomic E-state index is 0.494. The molecule has 0 saturated heterocycles. The summed E-state index contributed by atoms with van der Waals surface area (Å²) in [4.78, 5) is 16.1. The van der Waals surface area contributed by atoms with E-state index in [1.807, 2.05) is 18.2 Å². The average molecular weight is 842 g/mol. The predicted molar refractivity (Wildman–Crippen MR) is 274 cm³/mol. The highest BCUT2D eigenvalue weighted by molar-refractivity contribution is 6.04. The van der Waals surface area contributed by atoms with Crippen molar-refractivity contribution in [2.24, 2.45) is 0 Å². The zero-order valence-electron chi connectivity index (χ0n) is 36.5. The molecule has 10 aromatic rings. The Morgan fingerprint density at radius 3 is 1.55 bits per heavy atom. The predicted octanol–water partition coefficient (Wildman–Crippen LogP) is 15.7. The van der Waals surface area contributed by atoms with Crippen molar-refractivity contribution in [1.29, 1.82) is 0 Å². The fourth-order valence-corrected chi connectivity index (χ4v) is 10.5. The van der Waals surface area contributed by atoms with E-state index < -0.39 is 5.41 Å². The highest BCUT2D eigenvalue weighted by Crippen LogP contribution is 2.63. The molecule has 12 rings (SSSR count). The van der Waals surface area contributed by atoms with Gasteiger partial charge in [0.25, 0.3) is 0 Å².